The van der Waals surface area contributed by atoms with E-state index in [1.54, 1.807) is 0 Å². The maximum Gasteiger partial charge on any atom is 0.357 e. The highest BCUT2D eigenvalue weighted by Crippen LogP contribution is 2.61. The lowest BCUT2D eigenvalue weighted by Gasteiger charge is -2.30. The molecule has 4 nitrogen and oxygen atoms in total. The lowest BCUT2D eigenvalue weighted by atomic mass is 10.1. The molecule has 2 aromatic carbocycles. The number of hydrogen-bond acceptors (Lipinski definition) is 4. The summed E-state index contributed by atoms with van der Waals surface area (Å²) in [4.78, 5) is 0. The molecule has 27 heavy (non-hydrogen) atoms. The molecular weight excluding hydrogens is 357 g/mol. The number of aryl methyl sites for hydroxylation is 1. The van der Waals surface area contributed by atoms with Gasteiger partial charge in [0.25, 0.3) is 0 Å². The monoisotopic (exact) mass is 389 g/mol. The Morgan fingerprint density at radius 1 is 0.852 bits per heavy atom. The lowest BCUT2D eigenvalue weighted by molar-refractivity contribution is 0.168. The molecule has 0 heterocycles. The number of hydrogen-bond donors (Lipinski definition) is 1. The van der Waals surface area contributed by atoms with Crippen LogP contribution in [0.5, 0.6) is 0 Å². The highest BCUT2D eigenvalue weighted by atomic mass is 31.2. The van der Waals surface area contributed by atoms with Crippen LogP contribution in [0.2, 0.25) is 0 Å². The van der Waals surface area contributed by atoms with Crippen LogP contribution in [0.3, 0.4) is 0 Å². The topological polar surface area (TPSA) is 47.6 Å². The van der Waals surface area contributed by atoms with Crippen LogP contribution in [0.4, 0.5) is 5.69 Å². The second-order valence-electron chi connectivity index (χ2n) is 7.74. The summed E-state index contributed by atoms with van der Waals surface area (Å²) in [6.45, 7) is 11.0. The molecule has 0 bridgehead atoms. The van der Waals surface area contributed by atoms with Gasteiger partial charge in [-0.15, -0.1) is 0 Å². The first-order valence-corrected chi connectivity index (χ1v) is 11.2. The van der Waals surface area contributed by atoms with Gasteiger partial charge in [0.1, 0.15) is 0 Å². The minimum absolute atomic E-state index is 0.261. The molecule has 2 rings (SSSR count). The Morgan fingerprint density at radius 3 is 1.85 bits per heavy atom. The molecule has 0 unspecified atom stereocenters. The van der Waals surface area contributed by atoms with Crippen LogP contribution in [0.1, 0.15) is 44.6 Å². The van der Waals surface area contributed by atoms with E-state index in [9.17, 15) is 4.57 Å². The van der Waals surface area contributed by atoms with Crippen molar-refractivity contribution >= 4 is 13.3 Å². The van der Waals surface area contributed by atoms with Gasteiger partial charge in [-0.3, -0.25) is 4.57 Å². The SMILES string of the molecule is Cc1ccc([C@@H](Nc2ccccc2)P(=O)(OCC(C)C)OCC(C)C)cc1. The largest absolute Gasteiger partial charge is 0.368 e. The van der Waals surface area contributed by atoms with Crippen molar-refractivity contribution in [3.63, 3.8) is 0 Å². The molecule has 5 heteroatoms. The summed E-state index contributed by atoms with van der Waals surface area (Å²) >= 11 is 0. The first kappa shape index (κ1) is 21.7. The zero-order valence-electron chi connectivity index (χ0n) is 17.0. The van der Waals surface area contributed by atoms with E-state index < -0.39 is 13.4 Å². The number of anilines is 1. The Bertz CT molecular complexity index is 713. The minimum Gasteiger partial charge on any atom is -0.368 e. The second-order valence-corrected chi connectivity index (χ2v) is 9.86. The standard InChI is InChI=1S/C22H32NO3P/c1-17(2)15-25-27(24,26-16-18(3)4)22(20-13-11-19(5)12-14-20)23-21-9-7-6-8-10-21/h6-14,17-18,22-23H,15-16H2,1-5H3/t22-/m0/s1. The average molecular weight is 389 g/mol. The summed E-state index contributed by atoms with van der Waals surface area (Å²) in [5, 5.41) is 3.39. The van der Waals surface area contributed by atoms with E-state index in [4.69, 9.17) is 9.05 Å². The first-order valence-electron chi connectivity index (χ1n) is 9.57. The van der Waals surface area contributed by atoms with Crippen molar-refractivity contribution in [3.8, 4) is 0 Å². The predicted octanol–water partition coefficient (Wildman–Crippen LogP) is 6.64. The molecule has 0 amide bonds. The van der Waals surface area contributed by atoms with E-state index in [2.05, 4.69) is 5.32 Å². The molecule has 0 saturated carbocycles. The molecule has 0 aliphatic carbocycles. The lowest BCUT2D eigenvalue weighted by Crippen LogP contribution is -2.18. The second kappa shape index (κ2) is 10.1. The summed E-state index contributed by atoms with van der Waals surface area (Å²) in [7, 11) is -3.45. The number of benzene rings is 2. The Hall–Kier alpha value is -1.61. The van der Waals surface area contributed by atoms with Crippen molar-refractivity contribution < 1.29 is 13.6 Å². The van der Waals surface area contributed by atoms with Crippen LogP contribution < -0.4 is 5.32 Å². The minimum atomic E-state index is -3.45. The Labute approximate surface area is 163 Å². The highest BCUT2D eigenvalue weighted by Gasteiger charge is 2.38. The van der Waals surface area contributed by atoms with Gasteiger partial charge in [-0.05, 0) is 36.5 Å². The van der Waals surface area contributed by atoms with Crippen molar-refractivity contribution in [3.05, 3.63) is 65.7 Å². The molecule has 148 valence electrons. The molecule has 0 saturated heterocycles. The van der Waals surface area contributed by atoms with E-state index in [0.29, 0.717) is 13.2 Å². The van der Waals surface area contributed by atoms with Crippen molar-refractivity contribution in [2.45, 2.75) is 40.4 Å². The number of para-hydroxylation sites is 1. The van der Waals surface area contributed by atoms with Gasteiger partial charge in [-0.1, -0.05) is 75.7 Å². The first-order chi connectivity index (χ1) is 12.8. The van der Waals surface area contributed by atoms with Gasteiger partial charge in [0.15, 0.2) is 5.78 Å². The third kappa shape index (κ3) is 6.80. The summed E-state index contributed by atoms with van der Waals surface area (Å²) in [5.41, 5.74) is 2.92. The van der Waals surface area contributed by atoms with E-state index in [0.717, 1.165) is 16.8 Å². The zero-order chi connectivity index (χ0) is 19.9. The van der Waals surface area contributed by atoms with Crippen LogP contribution in [-0.2, 0) is 13.6 Å². The average Bonchev–Trinajstić information content (AvgIpc) is 2.64. The molecule has 1 atom stereocenters. The molecule has 0 aromatic heterocycles. The molecule has 2 aromatic rings. The van der Waals surface area contributed by atoms with Crippen LogP contribution in [0, 0.1) is 18.8 Å². The quantitative estimate of drug-likeness (QED) is 0.463. The van der Waals surface area contributed by atoms with Gasteiger partial charge < -0.3 is 14.4 Å². The van der Waals surface area contributed by atoms with Crippen LogP contribution in [0.15, 0.2) is 54.6 Å². The van der Waals surface area contributed by atoms with Gasteiger partial charge in [0, 0.05) is 5.69 Å². The van der Waals surface area contributed by atoms with Crippen molar-refractivity contribution in [2.24, 2.45) is 11.8 Å². The molecule has 1 N–H and O–H groups in total. The maximum absolute atomic E-state index is 13.9. The summed E-state index contributed by atoms with van der Waals surface area (Å²) in [6, 6.07) is 17.8. The molecule has 0 aliphatic heterocycles. The molecule has 0 spiro atoms. The molecule has 0 fully saturated rings. The van der Waals surface area contributed by atoms with E-state index in [1.807, 2.05) is 89.2 Å². The van der Waals surface area contributed by atoms with Gasteiger partial charge >= 0.3 is 7.60 Å². The zero-order valence-corrected chi connectivity index (χ0v) is 17.9. The number of rotatable bonds is 10. The van der Waals surface area contributed by atoms with Crippen LogP contribution in [0.25, 0.3) is 0 Å². The smallest absolute Gasteiger partial charge is 0.357 e. The predicted molar refractivity (Wildman–Crippen MR) is 113 cm³/mol. The normalized spacial score (nSPS) is 13.1. The third-order valence-electron chi connectivity index (χ3n) is 3.96. The van der Waals surface area contributed by atoms with Crippen molar-refractivity contribution in [1.82, 2.24) is 0 Å². The third-order valence-corrected chi connectivity index (χ3v) is 6.04. The Morgan fingerprint density at radius 2 is 1.37 bits per heavy atom. The fourth-order valence-electron chi connectivity index (χ4n) is 2.48. The van der Waals surface area contributed by atoms with E-state index >= 15 is 0 Å². The Balaban J connectivity index is 2.40. The van der Waals surface area contributed by atoms with Crippen molar-refractivity contribution in [2.75, 3.05) is 18.5 Å². The van der Waals surface area contributed by atoms with Gasteiger partial charge in [0.05, 0.1) is 13.2 Å². The van der Waals surface area contributed by atoms with Crippen molar-refractivity contribution in [1.29, 1.82) is 0 Å². The molecular formula is C22H32NO3P. The summed E-state index contributed by atoms with van der Waals surface area (Å²) < 4.78 is 25.8. The van der Waals surface area contributed by atoms with E-state index in [1.165, 1.54) is 0 Å². The van der Waals surface area contributed by atoms with Gasteiger partial charge in [-0.2, -0.15) is 0 Å². The van der Waals surface area contributed by atoms with Gasteiger partial charge in [0.2, 0.25) is 0 Å². The number of nitrogens with one attached hydrogen (secondary N) is 1. The fourth-order valence-corrected chi connectivity index (χ4v) is 4.71. The highest BCUT2D eigenvalue weighted by molar-refractivity contribution is 7.54. The maximum atomic E-state index is 13.9. The van der Waals surface area contributed by atoms with Gasteiger partial charge in [-0.25, -0.2) is 0 Å². The molecule has 0 radical (unpaired) electrons. The summed E-state index contributed by atoms with van der Waals surface area (Å²) in [6.07, 6.45) is 0. The van der Waals surface area contributed by atoms with E-state index in [-0.39, 0.29) is 11.8 Å². The fraction of sp³-hybridized carbons (Fsp3) is 0.455. The molecule has 0 aliphatic rings. The Kier molecular flexibility index (Phi) is 8.09. The van der Waals surface area contributed by atoms with Crippen LogP contribution in [-0.4, -0.2) is 13.2 Å². The summed E-state index contributed by atoms with van der Waals surface area (Å²) in [5.74, 6) is -0.0502. The van der Waals surface area contributed by atoms with Crippen LogP contribution >= 0.6 is 7.60 Å².